The van der Waals surface area contributed by atoms with Gasteiger partial charge in [0, 0.05) is 11.1 Å². The molecule has 0 aromatic heterocycles. The molecule has 0 saturated carbocycles. The minimum absolute atomic E-state index is 0.0965. The standard InChI is InChI=1S/C17H17ClN2O5/c1-23-11-4-6-15(24-2)13(8-11)20-16(21)9-25-14-5-3-10(18)7-12(14)17(19)22/h3-8H,9H2,1-2H3,(H2,19,22)(H,20,21). The topological polar surface area (TPSA) is 99.9 Å². The number of nitrogens with two attached hydrogens (primary N) is 1. The fourth-order valence-electron chi connectivity index (χ4n) is 2.06. The van der Waals surface area contributed by atoms with Crippen molar-refractivity contribution in [3.05, 3.63) is 47.0 Å². The van der Waals surface area contributed by atoms with Crippen molar-refractivity contribution in [2.24, 2.45) is 5.73 Å². The van der Waals surface area contributed by atoms with Crippen LogP contribution in [0.1, 0.15) is 10.4 Å². The highest BCUT2D eigenvalue weighted by molar-refractivity contribution is 6.31. The van der Waals surface area contributed by atoms with Crippen LogP contribution in [0, 0.1) is 0 Å². The zero-order chi connectivity index (χ0) is 18.4. The molecule has 7 nitrogen and oxygen atoms in total. The number of rotatable bonds is 7. The lowest BCUT2D eigenvalue weighted by molar-refractivity contribution is -0.118. The monoisotopic (exact) mass is 364 g/mol. The average Bonchev–Trinajstić information content (AvgIpc) is 2.60. The number of anilines is 1. The van der Waals surface area contributed by atoms with E-state index in [9.17, 15) is 9.59 Å². The van der Waals surface area contributed by atoms with Gasteiger partial charge in [0.2, 0.25) is 0 Å². The molecule has 25 heavy (non-hydrogen) atoms. The van der Waals surface area contributed by atoms with Gasteiger partial charge in [-0.1, -0.05) is 11.6 Å². The Kier molecular flexibility index (Phi) is 6.08. The quantitative estimate of drug-likeness (QED) is 0.786. The van der Waals surface area contributed by atoms with Crippen LogP contribution in [0.2, 0.25) is 5.02 Å². The second-order valence-corrected chi connectivity index (χ2v) is 5.34. The Morgan fingerprint density at radius 2 is 1.80 bits per heavy atom. The first-order valence-corrected chi connectivity index (χ1v) is 7.56. The Hall–Kier alpha value is -2.93. The summed E-state index contributed by atoms with van der Waals surface area (Å²) < 4.78 is 15.7. The molecule has 0 atom stereocenters. The summed E-state index contributed by atoms with van der Waals surface area (Å²) >= 11 is 5.82. The highest BCUT2D eigenvalue weighted by atomic mass is 35.5. The van der Waals surface area contributed by atoms with E-state index in [-0.39, 0.29) is 17.9 Å². The number of amides is 2. The molecule has 8 heteroatoms. The van der Waals surface area contributed by atoms with Crippen LogP contribution < -0.4 is 25.3 Å². The Morgan fingerprint density at radius 1 is 1.08 bits per heavy atom. The Bertz CT molecular complexity index is 795. The number of carbonyl (C=O) groups excluding carboxylic acids is 2. The van der Waals surface area contributed by atoms with E-state index in [1.807, 2.05) is 0 Å². The molecule has 2 aromatic rings. The van der Waals surface area contributed by atoms with E-state index >= 15 is 0 Å². The van der Waals surface area contributed by atoms with Gasteiger partial charge < -0.3 is 25.3 Å². The summed E-state index contributed by atoms with van der Waals surface area (Å²) in [6, 6.07) is 9.38. The fraction of sp³-hybridized carbons (Fsp3) is 0.176. The Labute approximate surface area is 149 Å². The van der Waals surface area contributed by atoms with Gasteiger partial charge in [-0.05, 0) is 30.3 Å². The minimum atomic E-state index is -0.702. The van der Waals surface area contributed by atoms with Gasteiger partial charge in [-0.25, -0.2) is 0 Å². The number of carbonyl (C=O) groups is 2. The van der Waals surface area contributed by atoms with Crippen molar-refractivity contribution in [2.75, 3.05) is 26.1 Å². The average molecular weight is 365 g/mol. The van der Waals surface area contributed by atoms with Crippen LogP contribution >= 0.6 is 11.6 Å². The number of ether oxygens (including phenoxy) is 3. The summed E-state index contributed by atoms with van der Waals surface area (Å²) in [7, 11) is 3.00. The van der Waals surface area contributed by atoms with Crippen molar-refractivity contribution in [2.45, 2.75) is 0 Å². The summed E-state index contributed by atoms with van der Waals surface area (Å²) in [6.45, 7) is -0.331. The molecule has 0 heterocycles. The number of methoxy groups -OCH3 is 2. The number of hydrogen-bond donors (Lipinski definition) is 2. The molecule has 2 aromatic carbocycles. The molecule has 0 saturated heterocycles. The first-order valence-electron chi connectivity index (χ1n) is 7.18. The molecule has 2 amide bonds. The van der Waals surface area contributed by atoms with Gasteiger partial charge in [0.1, 0.15) is 17.2 Å². The summed E-state index contributed by atoms with van der Waals surface area (Å²) in [5, 5.41) is 2.99. The van der Waals surface area contributed by atoms with Crippen LogP contribution in [0.15, 0.2) is 36.4 Å². The van der Waals surface area contributed by atoms with Crippen molar-refractivity contribution >= 4 is 29.1 Å². The Balaban J connectivity index is 2.08. The predicted octanol–water partition coefficient (Wildman–Crippen LogP) is 2.47. The molecule has 132 valence electrons. The highest BCUT2D eigenvalue weighted by Crippen LogP contribution is 2.29. The third-order valence-electron chi connectivity index (χ3n) is 3.25. The van der Waals surface area contributed by atoms with Crippen LogP contribution in [-0.2, 0) is 4.79 Å². The van der Waals surface area contributed by atoms with Gasteiger partial charge in [0.15, 0.2) is 6.61 Å². The molecule has 0 aliphatic rings. The maximum Gasteiger partial charge on any atom is 0.262 e. The zero-order valence-electron chi connectivity index (χ0n) is 13.7. The molecule has 0 radical (unpaired) electrons. The van der Waals surface area contributed by atoms with E-state index in [1.54, 1.807) is 18.2 Å². The molecule has 0 fully saturated rings. The van der Waals surface area contributed by atoms with Crippen LogP contribution in [0.4, 0.5) is 5.69 Å². The molecular formula is C17H17ClN2O5. The Morgan fingerprint density at radius 3 is 2.44 bits per heavy atom. The van der Waals surface area contributed by atoms with Crippen LogP contribution in [0.5, 0.6) is 17.2 Å². The smallest absolute Gasteiger partial charge is 0.262 e. The molecule has 2 rings (SSSR count). The van der Waals surface area contributed by atoms with E-state index < -0.39 is 11.8 Å². The lowest BCUT2D eigenvalue weighted by Crippen LogP contribution is -2.22. The van der Waals surface area contributed by atoms with Crippen molar-refractivity contribution in [3.63, 3.8) is 0 Å². The van der Waals surface area contributed by atoms with Crippen LogP contribution in [0.3, 0.4) is 0 Å². The first kappa shape index (κ1) is 18.4. The third-order valence-corrected chi connectivity index (χ3v) is 3.48. The summed E-state index contributed by atoms with van der Waals surface area (Å²) in [5.41, 5.74) is 5.80. The van der Waals surface area contributed by atoms with Gasteiger partial charge in [0.25, 0.3) is 11.8 Å². The predicted molar refractivity (Wildman–Crippen MR) is 93.6 cm³/mol. The maximum absolute atomic E-state index is 12.1. The largest absolute Gasteiger partial charge is 0.497 e. The van der Waals surface area contributed by atoms with Gasteiger partial charge in [-0.3, -0.25) is 9.59 Å². The third kappa shape index (κ3) is 4.77. The molecule has 0 bridgehead atoms. The molecule has 0 spiro atoms. The fourth-order valence-corrected chi connectivity index (χ4v) is 2.23. The van der Waals surface area contributed by atoms with Gasteiger partial charge in [-0.15, -0.1) is 0 Å². The summed E-state index contributed by atoms with van der Waals surface area (Å²) in [4.78, 5) is 23.5. The number of nitrogens with one attached hydrogen (secondary N) is 1. The van der Waals surface area contributed by atoms with Gasteiger partial charge in [0.05, 0.1) is 25.5 Å². The number of primary amides is 1. The zero-order valence-corrected chi connectivity index (χ0v) is 14.4. The van der Waals surface area contributed by atoms with E-state index in [2.05, 4.69) is 5.32 Å². The molecule has 0 unspecified atom stereocenters. The second-order valence-electron chi connectivity index (χ2n) is 4.91. The van der Waals surface area contributed by atoms with Crippen molar-refractivity contribution < 1.29 is 23.8 Å². The lowest BCUT2D eigenvalue weighted by Gasteiger charge is -2.13. The molecular weight excluding hydrogens is 348 g/mol. The van der Waals surface area contributed by atoms with Gasteiger partial charge in [-0.2, -0.15) is 0 Å². The van der Waals surface area contributed by atoms with Crippen molar-refractivity contribution in [1.82, 2.24) is 0 Å². The normalized spacial score (nSPS) is 10.0. The molecule has 3 N–H and O–H groups in total. The number of benzene rings is 2. The summed E-state index contributed by atoms with van der Waals surface area (Å²) in [5.74, 6) is 0.0538. The number of halogens is 1. The minimum Gasteiger partial charge on any atom is -0.497 e. The lowest BCUT2D eigenvalue weighted by atomic mass is 10.2. The van der Waals surface area contributed by atoms with Crippen LogP contribution in [-0.4, -0.2) is 32.6 Å². The molecule has 0 aliphatic heterocycles. The van der Waals surface area contributed by atoms with E-state index in [0.29, 0.717) is 22.2 Å². The van der Waals surface area contributed by atoms with Crippen molar-refractivity contribution in [1.29, 1.82) is 0 Å². The summed E-state index contributed by atoms with van der Waals surface area (Å²) in [6.07, 6.45) is 0. The van der Waals surface area contributed by atoms with Crippen LogP contribution in [0.25, 0.3) is 0 Å². The van der Waals surface area contributed by atoms with E-state index in [4.69, 9.17) is 31.5 Å². The number of hydrogen-bond acceptors (Lipinski definition) is 5. The first-order chi connectivity index (χ1) is 11.9. The SMILES string of the molecule is COc1ccc(OC)c(NC(=O)COc2ccc(Cl)cc2C(N)=O)c1. The van der Waals surface area contributed by atoms with Crippen molar-refractivity contribution in [3.8, 4) is 17.2 Å². The highest BCUT2D eigenvalue weighted by Gasteiger charge is 2.13. The second kappa shape index (κ2) is 8.25. The maximum atomic E-state index is 12.1. The van der Waals surface area contributed by atoms with E-state index in [0.717, 1.165) is 0 Å². The van der Waals surface area contributed by atoms with E-state index in [1.165, 1.54) is 32.4 Å². The van der Waals surface area contributed by atoms with Gasteiger partial charge >= 0.3 is 0 Å². The molecule has 0 aliphatic carbocycles.